The molecule has 0 unspecified atom stereocenters. The lowest BCUT2D eigenvalue weighted by molar-refractivity contribution is 0.141. The van der Waals surface area contributed by atoms with Gasteiger partial charge in [-0.3, -0.25) is 8.74 Å². The molecule has 0 radical (unpaired) electrons. The maximum atomic E-state index is 10.9. The van der Waals surface area contributed by atoms with Gasteiger partial charge in [-0.05, 0) is 20.8 Å². The Labute approximate surface area is 77.8 Å². The van der Waals surface area contributed by atoms with Gasteiger partial charge in [0.2, 0.25) is 5.08 Å². The third-order valence-corrected chi connectivity index (χ3v) is 3.77. The summed E-state index contributed by atoms with van der Waals surface area (Å²) in [5.41, 5.74) is -1.01. The van der Waals surface area contributed by atoms with Crippen LogP contribution in [0.15, 0.2) is 0 Å². The Morgan fingerprint density at radius 3 is 1.77 bits per heavy atom. The van der Waals surface area contributed by atoms with Crippen LogP contribution in [0.4, 0.5) is 0 Å². The zero-order valence-electron chi connectivity index (χ0n) is 7.51. The van der Waals surface area contributed by atoms with Crippen molar-refractivity contribution in [2.45, 2.75) is 26.4 Å². The third-order valence-electron chi connectivity index (χ3n) is 0.670. The second kappa shape index (κ2) is 3.52. The second-order valence-electron chi connectivity index (χ2n) is 3.45. The Bertz CT molecular complexity index is 356. The molecule has 0 fully saturated rings. The van der Waals surface area contributed by atoms with Gasteiger partial charge < -0.3 is 0 Å². The Kier molecular flexibility index (Phi) is 3.47. The standard InChI is InChI=1S/C5H12O6S2/c1-5(2,3)11-13(9,10)4-12(6,7)8/h4H2,1-3H3,(H,6,7,8). The predicted octanol–water partition coefficient (Wildman–Crippen LogP) is -0.0234. The monoisotopic (exact) mass is 232 g/mol. The molecule has 0 saturated heterocycles. The molecule has 0 aromatic rings. The molecule has 0 aromatic carbocycles. The molecule has 0 aromatic heterocycles. The van der Waals surface area contributed by atoms with Gasteiger partial charge in [0.25, 0.3) is 20.2 Å². The molecule has 0 atom stereocenters. The van der Waals surface area contributed by atoms with Crippen LogP contribution in [-0.4, -0.2) is 32.1 Å². The smallest absolute Gasteiger partial charge is 0.284 e. The molecular formula is C5H12O6S2. The van der Waals surface area contributed by atoms with Crippen molar-refractivity contribution in [1.82, 2.24) is 0 Å². The fraction of sp³-hybridized carbons (Fsp3) is 1.00. The van der Waals surface area contributed by atoms with Crippen LogP contribution in [0.1, 0.15) is 20.8 Å². The molecule has 13 heavy (non-hydrogen) atoms. The van der Waals surface area contributed by atoms with Crippen LogP contribution in [0.3, 0.4) is 0 Å². The third kappa shape index (κ3) is 8.16. The highest BCUT2D eigenvalue weighted by molar-refractivity contribution is 8.03. The van der Waals surface area contributed by atoms with E-state index >= 15 is 0 Å². The summed E-state index contributed by atoms with van der Waals surface area (Å²) in [6, 6.07) is 0. The summed E-state index contributed by atoms with van der Waals surface area (Å²) >= 11 is 0. The minimum absolute atomic E-state index is 1.01. The fourth-order valence-electron chi connectivity index (χ4n) is 0.587. The lowest BCUT2D eigenvalue weighted by atomic mass is 10.2. The van der Waals surface area contributed by atoms with E-state index in [1.807, 2.05) is 0 Å². The van der Waals surface area contributed by atoms with Gasteiger partial charge >= 0.3 is 0 Å². The van der Waals surface area contributed by atoms with E-state index in [4.69, 9.17) is 4.55 Å². The van der Waals surface area contributed by atoms with Crippen molar-refractivity contribution in [3.63, 3.8) is 0 Å². The van der Waals surface area contributed by atoms with Crippen LogP contribution in [0.5, 0.6) is 0 Å². The molecule has 0 aliphatic rings. The lowest BCUT2D eigenvalue weighted by Gasteiger charge is -2.17. The molecular weight excluding hydrogens is 220 g/mol. The van der Waals surface area contributed by atoms with Crippen LogP contribution in [0.2, 0.25) is 0 Å². The van der Waals surface area contributed by atoms with Crippen LogP contribution >= 0.6 is 0 Å². The number of hydrogen-bond donors (Lipinski definition) is 1. The fourth-order valence-corrected chi connectivity index (χ4v) is 3.00. The quantitative estimate of drug-likeness (QED) is 0.542. The summed E-state index contributed by atoms with van der Waals surface area (Å²) in [5, 5.41) is -1.42. The van der Waals surface area contributed by atoms with Gasteiger partial charge in [-0.25, -0.2) is 0 Å². The second-order valence-corrected chi connectivity index (χ2v) is 6.84. The van der Waals surface area contributed by atoms with Crippen molar-refractivity contribution in [3.05, 3.63) is 0 Å². The summed E-state index contributed by atoms with van der Waals surface area (Å²) in [4.78, 5) is 0. The molecule has 0 aliphatic heterocycles. The Hall–Kier alpha value is -0.180. The van der Waals surface area contributed by atoms with Crippen LogP contribution in [0.25, 0.3) is 0 Å². The molecule has 0 saturated carbocycles. The van der Waals surface area contributed by atoms with Gasteiger partial charge in [-0.15, -0.1) is 0 Å². The summed E-state index contributed by atoms with van der Waals surface area (Å²) in [6.45, 7) is 4.36. The van der Waals surface area contributed by atoms with Gasteiger partial charge in [0, 0.05) is 0 Å². The molecule has 0 amide bonds. The normalized spacial score (nSPS) is 14.5. The van der Waals surface area contributed by atoms with Crippen molar-refractivity contribution in [2.24, 2.45) is 0 Å². The van der Waals surface area contributed by atoms with Crippen molar-refractivity contribution < 1.29 is 25.6 Å². The van der Waals surface area contributed by atoms with Crippen molar-refractivity contribution >= 4 is 20.2 Å². The molecule has 80 valence electrons. The van der Waals surface area contributed by atoms with Gasteiger partial charge in [-0.2, -0.15) is 16.8 Å². The zero-order chi connectivity index (χ0) is 10.9. The maximum absolute atomic E-state index is 10.9. The molecule has 0 rings (SSSR count). The van der Waals surface area contributed by atoms with Gasteiger partial charge in [0.05, 0.1) is 5.60 Å². The summed E-state index contributed by atoms with van der Waals surface area (Å²) in [7, 11) is -8.80. The first-order valence-corrected chi connectivity index (χ1v) is 6.48. The Morgan fingerprint density at radius 1 is 1.15 bits per heavy atom. The predicted molar refractivity (Wildman–Crippen MR) is 46.2 cm³/mol. The van der Waals surface area contributed by atoms with E-state index in [1.165, 1.54) is 20.8 Å². The van der Waals surface area contributed by atoms with E-state index < -0.39 is 30.9 Å². The highest BCUT2D eigenvalue weighted by Gasteiger charge is 2.26. The van der Waals surface area contributed by atoms with Crippen molar-refractivity contribution in [2.75, 3.05) is 5.08 Å². The number of rotatable bonds is 3. The van der Waals surface area contributed by atoms with E-state index in [0.29, 0.717) is 0 Å². The summed E-state index contributed by atoms with van der Waals surface area (Å²) in [6.07, 6.45) is 0. The van der Waals surface area contributed by atoms with E-state index in [2.05, 4.69) is 4.18 Å². The highest BCUT2D eigenvalue weighted by Crippen LogP contribution is 2.12. The van der Waals surface area contributed by atoms with E-state index in [1.54, 1.807) is 0 Å². The van der Waals surface area contributed by atoms with Crippen LogP contribution in [0, 0.1) is 0 Å². The molecule has 0 heterocycles. The SMILES string of the molecule is CC(C)(C)OS(=O)(=O)CS(=O)(=O)O. The summed E-state index contributed by atoms with van der Waals surface area (Å²) in [5.74, 6) is 0. The molecule has 8 heteroatoms. The maximum Gasteiger partial charge on any atom is 0.284 e. The first-order valence-electron chi connectivity index (χ1n) is 3.30. The summed E-state index contributed by atoms with van der Waals surface area (Å²) < 4.78 is 55.0. The first kappa shape index (κ1) is 12.8. The molecule has 1 N–H and O–H groups in total. The van der Waals surface area contributed by atoms with Gasteiger partial charge in [0.1, 0.15) is 0 Å². The first-order chi connectivity index (χ1) is 5.41. The lowest BCUT2D eigenvalue weighted by Crippen LogP contribution is -2.28. The van der Waals surface area contributed by atoms with E-state index in [9.17, 15) is 16.8 Å². The van der Waals surface area contributed by atoms with Crippen LogP contribution < -0.4 is 0 Å². The van der Waals surface area contributed by atoms with E-state index in [0.717, 1.165) is 0 Å². The average molecular weight is 232 g/mol. The molecule has 0 spiro atoms. The average Bonchev–Trinajstić information content (AvgIpc) is 1.43. The topological polar surface area (TPSA) is 97.7 Å². The molecule has 0 bridgehead atoms. The molecule has 0 aliphatic carbocycles. The zero-order valence-corrected chi connectivity index (χ0v) is 9.15. The Balaban J connectivity index is 4.65. The van der Waals surface area contributed by atoms with Gasteiger partial charge in [-0.1, -0.05) is 0 Å². The van der Waals surface area contributed by atoms with Crippen molar-refractivity contribution in [3.8, 4) is 0 Å². The van der Waals surface area contributed by atoms with Crippen molar-refractivity contribution in [1.29, 1.82) is 0 Å². The molecule has 6 nitrogen and oxygen atoms in total. The minimum Gasteiger partial charge on any atom is -0.285 e. The Morgan fingerprint density at radius 2 is 1.54 bits per heavy atom. The highest BCUT2D eigenvalue weighted by atomic mass is 32.3. The number of hydrogen-bond acceptors (Lipinski definition) is 5. The van der Waals surface area contributed by atoms with Gasteiger partial charge in [0.15, 0.2) is 0 Å². The van der Waals surface area contributed by atoms with Crippen LogP contribution in [-0.2, 0) is 24.4 Å². The largest absolute Gasteiger partial charge is 0.285 e. The van der Waals surface area contributed by atoms with E-state index in [-0.39, 0.29) is 0 Å². The minimum atomic E-state index is -4.57.